The molecule has 0 rings (SSSR count). The Labute approximate surface area is 59.4 Å². The number of halogens is 3. The normalized spacial score (nSPS) is 16.8. The Morgan fingerprint density at radius 2 is 1.80 bits per heavy atom. The van der Waals surface area contributed by atoms with Crippen molar-refractivity contribution in [1.29, 1.82) is 0 Å². The maximum Gasteiger partial charge on any atom is 0.105 e. The minimum absolute atomic E-state index is 0.0622. The molecule has 61 valence electrons. The summed E-state index contributed by atoms with van der Waals surface area (Å²) in [4.78, 5) is 0. The van der Waals surface area contributed by atoms with E-state index in [-0.39, 0.29) is 19.3 Å². The highest BCUT2D eigenvalue weighted by Crippen LogP contribution is 2.11. The minimum atomic E-state index is -1.35. The van der Waals surface area contributed by atoms with E-state index in [1.807, 2.05) is 0 Å². The molecule has 0 aliphatic carbocycles. The summed E-state index contributed by atoms with van der Waals surface area (Å²) in [5, 5.41) is 0. The molecule has 3 heteroatoms. The zero-order valence-corrected chi connectivity index (χ0v) is 5.82. The summed E-state index contributed by atoms with van der Waals surface area (Å²) in [5.74, 6) is 0. The van der Waals surface area contributed by atoms with Gasteiger partial charge in [0, 0.05) is 12.8 Å². The molecule has 10 heavy (non-hydrogen) atoms. The van der Waals surface area contributed by atoms with Gasteiger partial charge in [-0.05, 0) is 6.42 Å². The lowest BCUT2D eigenvalue weighted by atomic mass is 10.1. The molecule has 1 unspecified atom stereocenters. The summed E-state index contributed by atoms with van der Waals surface area (Å²) in [5.41, 5.74) is 0. The lowest BCUT2D eigenvalue weighted by molar-refractivity contribution is 0.200. The van der Waals surface area contributed by atoms with E-state index in [1.54, 1.807) is 0 Å². The van der Waals surface area contributed by atoms with Crippen LogP contribution >= 0.6 is 0 Å². The molecule has 0 nitrogen and oxygen atoms in total. The monoisotopic (exact) mass is 153 g/mol. The van der Waals surface area contributed by atoms with Gasteiger partial charge >= 0.3 is 0 Å². The zero-order chi connectivity index (χ0) is 7.98. The second-order valence-electron chi connectivity index (χ2n) is 2.20. The van der Waals surface area contributed by atoms with Crippen molar-refractivity contribution in [2.24, 2.45) is 0 Å². The SMILES string of the molecule is [CH2]CC(F)C[C@@H](F)CCF. The van der Waals surface area contributed by atoms with Gasteiger partial charge in [0.2, 0.25) is 0 Å². The summed E-state index contributed by atoms with van der Waals surface area (Å²) in [6.07, 6.45) is -2.91. The quantitative estimate of drug-likeness (QED) is 0.569. The van der Waals surface area contributed by atoms with Crippen LogP contribution in [0, 0.1) is 6.92 Å². The molecule has 0 heterocycles. The lowest BCUT2D eigenvalue weighted by Crippen LogP contribution is -2.09. The highest BCUT2D eigenvalue weighted by molar-refractivity contribution is 4.64. The standard InChI is InChI=1S/C7H12F3/c1-2-6(9)5-7(10)3-4-8/h6-7H,1-5H2/t6?,7-/m0/s1. The van der Waals surface area contributed by atoms with Crippen molar-refractivity contribution in [2.45, 2.75) is 31.6 Å². The predicted molar refractivity (Wildman–Crippen MR) is 35.0 cm³/mol. The van der Waals surface area contributed by atoms with Crippen LogP contribution in [0.3, 0.4) is 0 Å². The Morgan fingerprint density at radius 1 is 1.20 bits per heavy atom. The van der Waals surface area contributed by atoms with E-state index >= 15 is 0 Å². The highest BCUT2D eigenvalue weighted by Gasteiger charge is 2.12. The summed E-state index contributed by atoms with van der Waals surface area (Å²) < 4.78 is 36.0. The third-order valence-electron chi connectivity index (χ3n) is 1.25. The molecule has 0 aromatic heterocycles. The van der Waals surface area contributed by atoms with Crippen molar-refractivity contribution >= 4 is 0 Å². The van der Waals surface area contributed by atoms with Crippen LogP contribution in [0.15, 0.2) is 0 Å². The van der Waals surface area contributed by atoms with Crippen LogP contribution < -0.4 is 0 Å². The average Bonchev–Trinajstić information content (AvgIpc) is 1.88. The fraction of sp³-hybridized carbons (Fsp3) is 0.857. The van der Waals surface area contributed by atoms with E-state index in [9.17, 15) is 13.2 Å². The van der Waals surface area contributed by atoms with E-state index in [2.05, 4.69) is 6.92 Å². The third-order valence-corrected chi connectivity index (χ3v) is 1.25. The summed E-state index contributed by atoms with van der Waals surface area (Å²) in [6.45, 7) is 2.55. The Morgan fingerprint density at radius 3 is 2.20 bits per heavy atom. The maximum atomic E-state index is 12.3. The smallest absolute Gasteiger partial charge is 0.105 e. The molecular formula is C7H12F3. The van der Waals surface area contributed by atoms with Gasteiger partial charge in [-0.1, -0.05) is 6.92 Å². The fourth-order valence-electron chi connectivity index (χ4n) is 0.632. The van der Waals surface area contributed by atoms with Crippen molar-refractivity contribution < 1.29 is 13.2 Å². The van der Waals surface area contributed by atoms with Gasteiger partial charge in [-0.15, -0.1) is 0 Å². The van der Waals surface area contributed by atoms with Crippen molar-refractivity contribution in [3.63, 3.8) is 0 Å². The van der Waals surface area contributed by atoms with E-state index in [0.717, 1.165) is 0 Å². The zero-order valence-electron chi connectivity index (χ0n) is 5.82. The van der Waals surface area contributed by atoms with Crippen molar-refractivity contribution in [2.75, 3.05) is 6.67 Å². The third kappa shape index (κ3) is 4.65. The number of hydrogen-bond acceptors (Lipinski definition) is 0. The van der Waals surface area contributed by atoms with Gasteiger partial charge in [0.25, 0.3) is 0 Å². The van der Waals surface area contributed by atoms with Crippen LogP contribution in [0.25, 0.3) is 0 Å². The van der Waals surface area contributed by atoms with Gasteiger partial charge in [-0.25, -0.2) is 8.78 Å². The first-order valence-corrected chi connectivity index (χ1v) is 3.34. The Balaban J connectivity index is 3.27. The molecule has 0 amide bonds. The molecule has 0 aliphatic rings. The molecule has 0 aromatic rings. The number of alkyl halides is 3. The van der Waals surface area contributed by atoms with E-state index < -0.39 is 19.0 Å². The summed E-state index contributed by atoms with van der Waals surface area (Å²) in [7, 11) is 0. The summed E-state index contributed by atoms with van der Waals surface area (Å²) >= 11 is 0. The molecule has 0 fully saturated rings. The predicted octanol–water partition coefficient (Wildman–Crippen LogP) is 2.64. The highest BCUT2D eigenvalue weighted by atomic mass is 19.2. The molecule has 0 N–H and O–H groups in total. The Kier molecular flexibility index (Phi) is 5.45. The number of rotatable bonds is 5. The Hall–Kier alpha value is -0.210. The van der Waals surface area contributed by atoms with Crippen LogP contribution in [0.4, 0.5) is 13.2 Å². The van der Waals surface area contributed by atoms with Gasteiger partial charge < -0.3 is 0 Å². The first kappa shape index (κ1) is 9.79. The van der Waals surface area contributed by atoms with E-state index in [4.69, 9.17) is 0 Å². The van der Waals surface area contributed by atoms with Gasteiger partial charge in [0.1, 0.15) is 12.3 Å². The van der Waals surface area contributed by atoms with Crippen molar-refractivity contribution in [3.05, 3.63) is 6.92 Å². The molecule has 0 saturated heterocycles. The van der Waals surface area contributed by atoms with Crippen molar-refractivity contribution in [3.8, 4) is 0 Å². The van der Waals surface area contributed by atoms with Gasteiger partial charge in [0.15, 0.2) is 0 Å². The molecule has 0 aliphatic heterocycles. The lowest BCUT2D eigenvalue weighted by Gasteiger charge is -2.07. The molecular weight excluding hydrogens is 141 g/mol. The van der Waals surface area contributed by atoms with Crippen LogP contribution in [0.2, 0.25) is 0 Å². The minimum Gasteiger partial charge on any atom is -0.251 e. The first-order valence-electron chi connectivity index (χ1n) is 3.34. The first-order chi connectivity index (χ1) is 4.70. The molecule has 0 spiro atoms. The second-order valence-corrected chi connectivity index (χ2v) is 2.20. The largest absolute Gasteiger partial charge is 0.251 e. The second kappa shape index (κ2) is 5.57. The van der Waals surface area contributed by atoms with E-state index in [0.29, 0.717) is 0 Å². The van der Waals surface area contributed by atoms with Crippen LogP contribution in [-0.4, -0.2) is 19.0 Å². The van der Waals surface area contributed by atoms with Crippen LogP contribution in [-0.2, 0) is 0 Å². The van der Waals surface area contributed by atoms with Crippen molar-refractivity contribution in [1.82, 2.24) is 0 Å². The topological polar surface area (TPSA) is 0 Å². The maximum absolute atomic E-state index is 12.3. The molecule has 1 radical (unpaired) electrons. The molecule has 0 aromatic carbocycles. The van der Waals surface area contributed by atoms with Crippen LogP contribution in [0.1, 0.15) is 19.3 Å². The Bertz CT molecular complexity index is 75.3. The average molecular weight is 153 g/mol. The molecule has 0 saturated carbocycles. The number of hydrogen-bond donors (Lipinski definition) is 0. The van der Waals surface area contributed by atoms with Gasteiger partial charge in [-0.3, -0.25) is 4.39 Å². The van der Waals surface area contributed by atoms with Gasteiger partial charge in [-0.2, -0.15) is 0 Å². The van der Waals surface area contributed by atoms with Crippen LogP contribution in [0.5, 0.6) is 0 Å². The summed E-state index contributed by atoms with van der Waals surface area (Å²) in [6, 6.07) is 0. The van der Waals surface area contributed by atoms with Gasteiger partial charge in [0.05, 0.1) is 6.67 Å². The molecule has 0 bridgehead atoms. The fourth-order valence-corrected chi connectivity index (χ4v) is 0.632. The molecule has 2 atom stereocenters. The van der Waals surface area contributed by atoms with E-state index in [1.165, 1.54) is 0 Å².